The molecule has 0 bridgehead atoms. The maximum absolute atomic E-state index is 9.93. The van der Waals surface area contributed by atoms with E-state index in [9.17, 15) is 5.11 Å². The molecule has 5 nitrogen and oxygen atoms in total. The van der Waals surface area contributed by atoms with Gasteiger partial charge < -0.3 is 19.7 Å². The van der Waals surface area contributed by atoms with Gasteiger partial charge in [-0.25, -0.2) is 0 Å². The minimum Gasteiger partial charge on any atom is -0.395 e. The SMILES string of the molecule is COCCN(CCO)CC(O)COCc1ccccc1. The van der Waals surface area contributed by atoms with Crippen LogP contribution in [0.5, 0.6) is 0 Å². The Morgan fingerprint density at radius 1 is 1.20 bits per heavy atom. The van der Waals surface area contributed by atoms with E-state index in [1.165, 1.54) is 0 Å². The number of rotatable bonds is 11. The van der Waals surface area contributed by atoms with Crippen molar-refractivity contribution >= 4 is 0 Å². The van der Waals surface area contributed by atoms with Gasteiger partial charge in [0.05, 0.1) is 32.5 Å². The molecule has 1 aromatic rings. The van der Waals surface area contributed by atoms with Crippen LogP contribution in [0.2, 0.25) is 0 Å². The summed E-state index contributed by atoms with van der Waals surface area (Å²) in [6.45, 7) is 3.11. The van der Waals surface area contributed by atoms with Crippen LogP contribution in [0.15, 0.2) is 30.3 Å². The molecule has 0 aliphatic heterocycles. The molecule has 0 amide bonds. The van der Waals surface area contributed by atoms with Crippen molar-refractivity contribution in [2.24, 2.45) is 0 Å². The molecular formula is C15H25NO4. The van der Waals surface area contributed by atoms with Gasteiger partial charge in [0.2, 0.25) is 0 Å². The normalized spacial score (nSPS) is 12.8. The molecule has 0 aliphatic carbocycles. The van der Waals surface area contributed by atoms with E-state index in [2.05, 4.69) is 0 Å². The second-order valence-corrected chi connectivity index (χ2v) is 4.67. The van der Waals surface area contributed by atoms with Crippen LogP contribution in [-0.2, 0) is 16.1 Å². The van der Waals surface area contributed by atoms with Gasteiger partial charge in [0.1, 0.15) is 0 Å². The fourth-order valence-corrected chi connectivity index (χ4v) is 1.89. The third kappa shape index (κ3) is 7.57. The molecule has 1 unspecified atom stereocenters. The van der Waals surface area contributed by atoms with Gasteiger partial charge in [-0.1, -0.05) is 30.3 Å². The minimum absolute atomic E-state index is 0.0707. The Bertz CT molecular complexity index is 334. The Hall–Kier alpha value is -0.980. The van der Waals surface area contributed by atoms with Crippen molar-refractivity contribution in [1.82, 2.24) is 4.90 Å². The molecule has 0 heterocycles. The van der Waals surface area contributed by atoms with Gasteiger partial charge in [0, 0.05) is 26.7 Å². The van der Waals surface area contributed by atoms with Gasteiger partial charge in [-0.15, -0.1) is 0 Å². The zero-order chi connectivity index (χ0) is 14.6. The number of benzene rings is 1. The lowest BCUT2D eigenvalue weighted by molar-refractivity contribution is 0.00382. The highest BCUT2D eigenvalue weighted by atomic mass is 16.5. The summed E-state index contributed by atoms with van der Waals surface area (Å²) in [5.74, 6) is 0. The molecule has 1 aromatic carbocycles. The van der Waals surface area contributed by atoms with Crippen molar-refractivity contribution in [3.05, 3.63) is 35.9 Å². The standard InChI is InChI=1S/C15H25NO4/c1-19-10-8-16(7-9-17)11-15(18)13-20-12-14-5-3-2-4-6-14/h2-6,15,17-18H,7-13H2,1H3. The van der Waals surface area contributed by atoms with Crippen molar-refractivity contribution < 1.29 is 19.7 Å². The summed E-state index contributed by atoms with van der Waals surface area (Å²) in [5, 5.41) is 18.9. The van der Waals surface area contributed by atoms with Gasteiger partial charge in [-0.2, -0.15) is 0 Å². The summed E-state index contributed by atoms with van der Waals surface area (Å²) in [7, 11) is 1.64. The first-order chi connectivity index (χ1) is 9.76. The molecule has 1 atom stereocenters. The quantitative estimate of drug-likeness (QED) is 0.619. The highest BCUT2D eigenvalue weighted by molar-refractivity contribution is 5.13. The number of nitrogens with zero attached hydrogens (tertiary/aromatic N) is 1. The first kappa shape index (κ1) is 17.1. The molecule has 0 saturated carbocycles. The number of aliphatic hydroxyl groups is 2. The topological polar surface area (TPSA) is 62.2 Å². The molecule has 0 aromatic heterocycles. The van der Waals surface area contributed by atoms with Crippen molar-refractivity contribution in [2.45, 2.75) is 12.7 Å². The minimum atomic E-state index is -0.567. The summed E-state index contributed by atoms with van der Waals surface area (Å²) in [4.78, 5) is 1.96. The number of aliphatic hydroxyl groups excluding tert-OH is 2. The number of hydrogen-bond acceptors (Lipinski definition) is 5. The number of methoxy groups -OCH3 is 1. The Morgan fingerprint density at radius 3 is 2.60 bits per heavy atom. The van der Waals surface area contributed by atoms with Gasteiger partial charge in [0.25, 0.3) is 0 Å². The van der Waals surface area contributed by atoms with Gasteiger partial charge in [0.15, 0.2) is 0 Å². The maximum Gasteiger partial charge on any atom is 0.0900 e. The van der Waals surface area contributed by atoms with Crippen LogP contribution >= 0.6 is 0 Å². The van der Waals surface area contributed by atoms with E-state index >= 15 is 0 Å². The predicted octanol–water partition coefficient (Wildman–Crippen LogP) is 0.505. The molecule has 0 saturated heterocycles. The van der Waals surface area contributed by atoms with Gasteiger partial charge in [-0.3, -0.25) is 4.90 Å². The Balaban J connectivity index is 2.21. The zero-order valence-corrected chi connectivity index (χ0v) is 12.1. The largest absolute Gasteiger partial charge is 0.395 e. The molecule has 5 heteroatoms. The lowest BCUT2D eigenvalue weighted by Crippen LogP contribution is -2.38. The smallest absolute Gasteiger partial charge is 0.0900 e. The second kappa shape index (κ2) is 10.8. The van der Waals surface area contributed by atoms with Gasteiger partial charge >= 0.3 is 0 Å². The molecule has 114 valence electrons. The van der Waals surface area contributed by atoms with E-state index in [0.717, 1.165) is 5.56 Å². The van der Waals surface area contributed by atoms with Crippen LogP contribution in [0.1, 0.15) is 5.56 Å². The van der Waals surface area contributed by atoms with E-state index in [4.69, 9.17) is 14.6 Å². The average Bonchev–Trinajstić information content (AvgIpc) is 2.46. The summed E-state index contributed by atoms with van der Waals surface area (Å²) in [6, 6.07) is 9.86. The summed E-state index contributed by atoms with van der Waals surface area (Å²) >= 11 is 0. The highest BCUT2D eigenvalue weighted by Crippen LogP contribution is 2.02. The lowest BCUT2D eigenvalue weighted by atomic mass is 10.2. The van der Waals surface area contributed by atoms with Crippen molar-refractivity contribution in [1.29, 1.82) is 0 Å². The molecule has 0 radical (unpaired) electrons. The van der Waals surface area contributed by atoms with E-state index in [1.807, 2.05) is 35.2 Å². The molecule has 2 N–H and O–H groups in total. The zero-order valence-electron chi connectivity index (χ0n) is 12.1. The Morgan fingerprint density at radius 2 is 1.95 bits per heavy atom. The Labute approximate surface area is 120 Å². The van der Waals surface area contributed by atoms with E-state index in [-0.39, 0.29) is 13.2 Å². The fraction of sp³-hybridized carbons (Fsp3) is 0.600. The van der Waals surface area contributed by atoms with Crippen molar-refractivity contribution in [3.8, 4) is 0 Å². The van der Waals surface area contributed by atoms with Crippen LogP contribution in [0.3, 0.4) is 0 Å². The van der Waals surface area contributed by atoms with E-state index in [1.54, 1.807) is 7.11 Å². The lowest BCUT2D eigenvalue weighted by Gasteiger charge is -2.23. The summed E-state index contributed by atoms with van der Waals surface area (Å²) in [6.07, 6.45) is -0.567. The molecule has 0 spiro atoms. The van der Waals surface area contributed by atoms with Crippen molar-refractivity contribution in [2.75, 3.05) is 46.6 Å². The summed E-state index contributed by atoms with van der Waals surface area (Å²) in [5.41, 5.74) is 1.09. The van der Waals surface area contributed by atoms with Crippen molar-refractivity contribution in [3.63, 3.8) is 0 Å². The Kier molecular flexibility index (Phi) is 9.19. The average molecular weight is 283 g/mol. The monoisotopic (exact) mass is 283 g/mol. The summed E-state index contributed by atoms with van der Waals surface area (Å²) < 4.78 is 10.5. The first-order valence-corrected chi connectivity index (χ1v) is 6.88. The fourth-order valence-electron chi connectivity index (χ4n) is 1.89. The molecular weight excluding hydrogens is 258 g/mol. The number of hydrogen-bond donors (Lipinski definition) is 2. The van der Waals surface area contributed by atoms with Crippen LogP contribution in [0, 0.1) is 0 Å². The van der Waals surface area contributed by atoms with Crippen LogP contribution < -0.4 is 0 Å². The second-order valence-electron chi connectivity index (χ2n) is 4.67. The molecule has 0 fully saturated rings. The maximum atomic E-state index is 9.93. The third-order valence-corrected chi connectivity index (χ3v) is 2.92. The highest BCUT2D eigenvalue weighted by Gasteiger charge is 2.11. The number of ether oxygens (including phenoxy) is 2. The van der Waals surface area contributed by atoms with Gasteiger partial charge in [-0.05, 0) is 5.56 Å². The van der Waals surface area contributed by atoms with E-state index < -0.39 is 6.10 Å². The third-order valence-electron chi connectivity index (χ3n) is 2.92. The first-order valence-electron chi connectivity index (χ1n) is 6.88. The van der Waals surface area contributed by atoms with E-state index in [0.29, 0.717) is 32.8 Å². The van der Waals surface area contributed by atoms with Crippen LogP contribution in [-0.4, -0.2) is 67.8 Å². The predicted molar refractivity (Wildman–Crippen MR) is 77.5 cm³/mol. The van der Waals surface area contributed by atoms with Crippen LogP contribution in [0.25, 0.3) is 0 Å². The molecule has 1 rings (SSSR count). The molecule has 0 aliphatic rings. The van der Waals surface area contributed by atoms with Crippen LogP contribution in [0.4, 0.5) is 0 Å². The molecule has 20 heavy (non-hydrogen) atoms.